The molecule has 7 heteroatoms. The fourth-order valence-corrected chi connectivity index (χ4v) is 4.49. The topological polar surface area (TPSA) is 75.7 Å². The SMILES string of the molecule is CCOc1ccccc1N(Cc1ccc(C(=O)NC(CC)c2ccccc2)cc1)S(C)(=O)=O. The van der Waals surface area contributed by atoms with Crippen molar-refractivity contribution in [1.82, 2.24) is 5.32 Å². The molecule has 6 nitrogen and oxygen atoms in total. The van der Waals surface area contributed by atoms with Crippen molar-refractivity contribution in [2.75, 3.05) is 17.2 Å². The molecule has 1 N–H and O–H groups in total. The van der Waals surface area contributed by atoms with E-state index in [9.17, 15) is 13.2 Å². The van der Waals surface area contributed by atoms with Crippen molar-refractivity contribution in [3.05, 3.63) is 95.6 Å². The third-order valence-electron chi connectivity index (χ3n) is 5.29. The van der Waals surface area contributed by atoms with Gasteiger partial charge in [-0.25, -0.2) is 8.42 Å². The van der Waals surface area contributed by atoms with Gasteiger partial charge in [0.15, 0.2) is 0 Å². The summed E-state index contributed by atoms with van der Waals surface area (Å²) in [4.78, 5) is 12.8. The Bertz CT molecular complexity index is 1160. The smallest absolute Gasteiger partial charge is 0.251 e. The second kappa shape index (κ2) is 11.0. The van der Waals surface area contributed by atoms with E-state index in [-0.39, 0.29) is 18.5 Å². The Kier molecular flexibility index (Phi) is 8.11. The van der Waals surface area contributed by atoms with Crippen LogP contribution in [0.4, 0.5) is 5.69 Å². The van der Waals surface area contributed by atoms with Crippen LogP contribution >= 0.6 is 0 Å². The molecule has 1 atom stereocenters. The second-order valence-corrected chi connectivity index (χ2v) is 9.62. The average molecular weight is 467 g/mol. The summed E-state index contributed by atoms with van der Waals surface area (Å²) in [6.07, 6.45) is 1.95. The number of benzene rings is 3. The Labute approximate surface area is 196 Å². The predicted molar refractivity (Wildman–Crippen MR) is 132 cm³/mol. The van der Waals surface area contributed by atoms with E-state index >= 15 is 0 Å². The summed E-state index contributed by atoms with van der Waals surface area (Å²) in [5.74, 6) is 0.340. The van der Waals surface area contributed by atoms with Crippen LogP contribution in [-0.2, 0) is 16.6 Å². The predicted octanol–water partition coefficient (Wildman–Crippen LogP) is 4.93. The molecule has 1 unspecified atom stereocenters. The fourth-order valence-electron chi connectivity index (χ4n) is 3.60. The Balaban J connectivity index is 1.78. The van der Waals surface area contributed by atoms with Crippen LogP contribution in [0.15, 0.2) is 78.9 Å². The summed E-state index contributed by atoms with van der Waals surface area (Å²) in [5.41, 5.74) is 2.83. The van der Waals surface area contributed by atoms with Gasteiger partial charge in [-0.2, -0.15) is 0 Å². The van der Waals surface area contributed by atoms with Crippen LogP contribution in [0.1, 0.15) is 47.8 Å². The lowest BCUT2D eigenvalue weighted by Gasteiger charge is -2.25. The monoisotopic (exact) mass is 466 g/mol. The molecule has 3 aromatic carbocycles. The van der Waals surface area contributed by atoms with E-state index in [0.29, 0.717) is 23.6 Å². The largest absolute Gasteiger partial charge is 0.492 e. The summed E-state index contributed by atoms with van der Waals surface area (Å²) in [5, 5.41) is 3.07. The molecule has 0 saturated heterocycles. The van der Waals surface area contributed by atoms with E-state index in [4.69, 9.17) is 4.74 Å². The molecule has 0 saturated carbocycles. The van der Waals surface area contributed by atoms with Gasteiger partial charge in [0.2, 0.25) is 10.0 Å². The van der Waals surface area contributed by atoms with Gasteiger partial charge in [0, 0.05) is 5.56 Å². The molecule has 174 valence electrons. The minimum atomic E-state index is -3.56. The van der Waals surface area contributed by atoms with Crippen LogP contribution in [0.25, 0.3) is 0 Å². The van der Waals surface area contributed by atoms with Gasteiger partial charge in [-0.05, 0) is 48.7 Å². The minimum Gasteiger partial charge on any atom is -0.492 e. The van der Waals surface area contributed by atoms with E-state index in [1.807, 2.05) is 44.2 Å². The van der Waals surface area contributed by atoms with E-state index in [1.165, 1.54) is 10.6 Å². The lowest BCUT2D eigenvalue weighted by molar-refractivity contribution is 0.0935. The maximum absolute atomic E-state index is 12.8. The molecular weight excluding hydrogens is 436 g/mol. The van der Waals surface area contributed by atoms with Gasteiger partial charge >= 0.3 is 0 Å². The molecule has 0 aliphatic heterocycles. The van der Waals surface area contributed by atoms with Crippen LogP contribution in [-0.4, -0.2) is 27.2 Å². The molecule has 3 rings (SSSR count). The van der Waals surface area contributed by atoms with Crippen molar-refractivity contribution in [2.45, 2.75) is 32.9 Å². The highest BCUT2D eigenvalue weighted by atomic mass is 32.2. The number of carbonyl (C=O) groups excluding carboxylic acids is 1. The second-order valence-electron chi connectivity index (χ2n) is 7.71. The lowest BCUT2D eigenvalue weighted by atomic mass is 10.0. The molecule has 0 aliphatic rings. The Morgan fingerprint density at radius 3 is 2.18 bits per heavy atom. The van der Waals surface area contributed by atoms with E-state index in [0.717, 1.165) is 17.5 Å². The first kappa shape index (κ1) is 24.3. The highest BCUT2D eigenvalue weighted by molar-refractivity contribution is 7.92. The van der Waals surface area contributed by atoms with Gasteiger partial charge in [0.05, 0.1) is 31.1 Å². The first-order valence-corrected chi connectivity index (χ1v) is 12.8. The molecule has 0 radical (unpaired) electrons. The number of amides is 1. The Hall–Kier alpha value is -3.32. The maximum atomic E-state index is 12.8. The van der Waals surface area contributed by atoms with E-state index < -0.39 is 10.0 Å². The van der Waals surface area contributed by atoms with Crippen LogP contribution in [0.5, 0.6) is 5.75 Å². The highest BCUT2D eigenvalue weighted by Gasteiger charge is 2.22. The van der Waals surface area contributed by atoms with Crippen molar-refractivity contribution in [1.29, 1.82) is 0 Å². The van der Waals surface area contributed by atoms with Crippen LogP contribution in [0, 0.1) is 0 Å². The number of carbonyl (C=O) groups is 1. The third-order valence-corrected chi connectivity index (χ3v) is 6.42. The fraction of sp³-hybridized carbons (Fsp3) is 0.269. The van der Waals surface area contributed by atoms with Gasteiger partial charge in [0.25, 0.3) is 5.91 Å². The Morgan fingerprint density at radius 1 is 0.939 bits per heavy atom. The number of para-hydroxylation sites is 2. The number of hydrogen-bond donors (Lipinski definition) is 1. The molecule has 0 fully saturated rings. The molecule has 1 amide bonds. The first-order chi connectivity index (χ1) is 15.8. The molecule has 33 heavy (non-hydrogen) atoms. The zero-order chi connectivity index (χ0) is 23.8. The third kappa shape index (κ3) is 6.35. The average Bonchev–Trinajstić information content (AvgIpc) is 2.82. The number of sulfonamides is 1. The lowest BCUT2D eigenvalue weighted by Crippen LogP contribution is -2.30. The number of nitrogens with one attached hydrogen (secondary N) is 1. The number of nitrogens with zero attached hydrogens (tertiary/aromatic N) is 1. The highest BCUT2D eigenvalue weighted by Crippen LogP contribution is 2.31. The zero-order valence-corrected chi connectivity index (χ0v) is 20.0. The summed E-state index contributed by atoms with van der Waals surface area (Å²) in [6, 6.07) is 23.8. The quantitative estimate of drug-likeness (QED) is 0.460. The standard InChI is InChI=1S/C26H30N2O4S/c1-4-23(21-11-7-6-8-12-21)27-26(29)22-17-15-20(16-18-22)19-28(33(3,30)31)24-13-9-10-14-25(24)32-5-2/h6-18,23H,4-5,19H2,1-3H3,(H,27,29). The van der Waals surface area contributed by atoms with Crippen LogP contribution < -0.4 is 14.4 Å². The first-order valence-electron chi connectivity index (χ1n) is 11.0. The van der Waals surface area contributed by atoms with Crippen molar-refractivity contribution in [3.8, 4) is 5.75 Å². The van der Waals surface area contributed by atoms with Crippen LogP contribution in [0.2, 0.25) is 0 Å². The van der Waals surface area contributed by atoms with Gasteiger partial charge in [-0.1, -0.05) is 61.5 Å². The van der Waals surface area contributed by atoms with Gasteiger partial charge in [-0.3, -0.25) is 9.10 Å². The van der Waals surface area contributed by atoms with Crippen molar-refractivity contribution in [2.24, 2.45) is 0 Å². The molecule has 0 aliphatic carbocycles. The zero-order valence-electron chi connectivity index (χ0n) is 19.2. The molecule has 3 aromatic rings. The summed E-state index contributed by atoms with van der Waals surface area (Å²) >= 11 is 0. The van der Waals surface area contributed by atoms with Crippen molar-refractivity contribution >= 4 is 21.6 Å². The van der Waals surface area contributed by atoms with Crippen molar-refractivity contribution in [3.63, 3.8) is 0 Å². The Morgan fingerprint density at radius 2 is 1.58 bits per heavy atom. The number of rotatable bonds is 10. The van der Waals surface area contributed by atoms with Gasteiger partial charge < -0.3 is 10.1 Å². The molecular formula is C26H30N2O4S. The number of anilines is 1. The van der Waals surface area contributed by atoms with Gasteiger partial charge in [0.1, 0.15) is 5.75 Å². The molecule has 0 bridgehead atoms. The van der Waals surface area contributed by atoms with Gasteiger partial charge in [-0.15, -0.1) is 0 Å². The number of hydrogen-bond acceptors (Lipinski definition) is 4. The van der Waals surface area contributed by atoms with Crippen LogP contribution in [0.3, 0.4) is 0 Å². The summed E-state index contributed by atoms with van der Waals surface area (Å²) in [7, 11) is -3.56. The van der Waals surface area contributed by atoms with Crippen molar-refractivity contribution < 1.29 is 17.9 Å². The van der Waals surface area contributed by atoms with E-state index in [2.05, 4.69) is 5.32 Å². The number of ether oxygens (including phenoxy) is 1. The minimum absolute atomic E-state index is 0.0748. The molecule has 0 heterocycles. The molecule has 0 spiro atoms. The summed E-state index contributed by atoms with van der Waals surface area (Å²) < 4.78 is 32.1. The van der Waals surface area contributed by atoms with E-state index in [1.54, 1.807) is 48.5 Å². The molecule has 0 aromatic heterocycles. The summed E-state index contributed by atoms with van der Waals surface area (Å²) in [6.45, 7) is 4.44. The maximum Gasteiger partial charge on any atom is 0.251 e. The normalized spacial score (nSPS) is 12.1.